The predicted molar refractivity (Wildman–Crippen MR) is 632 cm³/mol. The molecular weight excluding hydrogens is 1980 g/mol. The number of rotatable bonds is 40. The average molecular weight is 2090 g/mol. The van der Waals surface area contributed by atoms with Gasteiger partial charge < -0.3 is 56.1 Å². The third-order valence-corrected chi connectivity index (χ3v) is 52.4. The minimum absolute atomic E-state index is 0.0854. The van der Waals surface area contributed by atoms with E-state index in [2.05, 4.69) is 68.1 Å². The molecule has 0 aliphatic rings. The van der Waals surface area contributed by atoms with Gasteiger partial charge in [-0.25, -0.2) is 0 Å². The van der Waals surface area contributed by atoms with Crippen LogP contribution < -0.4 is 104 Å². The minimum atomic E-state index is -3.75. The Balaban J connectivity index is 0.863. The molecule has 0 radical (unpaired) electrons. The van der Waals surface area contributed by atoms with Gasteiger partial charge in [-0.2, -0.15) is 0 Å². The van der Waals surface area contributed by atoms with Gasteiger partial charge in [-0.1, -0.05) is 534 Å². The topological polar surface area (TPSA) is 150 Å². The van der Waals surface area contributed by atoms with Crippen LogP contribution in [-0.2, 0) is 41.9 Å². The zero-order valence-corrected chi connectivity index (χ0v) is 89.4. The van der Waals surface area contributed by atoms with E-state index >= 15 is 36.5 Å². The summed E-state index contributed by atoms with van der Waals surface area (Å²) in [6.45, 7) is 0. The van der Waals surface area contributed by atoms with Gasteiger partial charge in [0.2, 0.25) is 0 Å². The maximum Gasteiger partial charge on any atom is 0.161 e. The second kappa shape index (κ2) is 45.2. The maximum absolute atomic E-state index is 17.3. The van der Waals surface area contributed by atoms with Gasteiger partial charge in [-0.05, 0) is 70.8 Å². The van der Waals surface area contributed by atoms with Crippen molar-refractivity contribution in [3.8, 4) is 0 Å². The number of hydrogen-bond donors (Lipinski definition) is 0. The van der Waals surface area contributed by atoms with Crippen LogP contribution >= 0.6 is 57.1 Å². The van der Waals surface area contributed by atoms with E-state index in [0.29, 0.717) is 130 Å². The first-order valence-electron chi connectivity index (χ1n) is 49.8. The normalized spacial score (nSPS) is 12.2. The summed E-state index contributed by atoms with van der Waals surface area (Å²) < 4.78 is 138. The molecule has 0 saturated heterocycles. The first-order valence-corrected chi connectivity index (χ1v) is 65.0. The lowest BCUT2D eigenvalue weighted by Gasteiger charge is -2.39. The van der Waals surface area contributed by atoms with Crippen LogP contribution in [0.4, 0.5) is 22.7 Å². The molecule has 0 fully saturated rings. The zero-order valence-electron chi connectivity index (χ0n) is 82.2. The smallest absolute Gasteiger partial charge is 0.161 e. The fourth-order valence-electron chi connectivity index (χ4n) is 20.6. The lowest BCUT2D eigenvalue weighted by Crippen LogP contribution is -2.36. The lowest BCUT2D eigenvalue weighted by molar-refractivity contribution is 0.581. The Morgan fingerprint density at radius 3 is 0.275 bits per heavy atom. The molecule has 20 aromatic carbocycles. The fraction of sp³-hybridized carbons (Fsp3) is 0.0698. The van der Waals surface area contributed by atoms with Gasteiger partial charge in [0.05, 0.1) is 55.7 Å². The molecule has 149 heavy (non-hydrogen) atoms. The van der Waals surface area contributed by atoms with E-state index in [1.54, 1.807) is 0 Å². The molecule has 0 spiro atoms. The SMILES string of the molecule is O=P(CN(CP(=O)(c1ccccc1)c1ccccc1)c1ccc(C(c2ccc(N(CP(=O)(c3ccccc3)c3ccccc3)CP(=O)(c3ccccc3)c3ccccc3)cc2)(c2ccc(N(CP(=O)(c3ccccc3)c3ccccc3)CP(=O)(c3ccccc3)c3ccccc3)cc2)c2ccc(N(CP(=O)(c3ccccc3)c3ccccc3)CP(=O)(c3ccccc3)c3ccccc3)cc2)cc1)(c1ccccc1)c1ccccc1. The molecule has 0 bridgehead atoms. The molecule has 0 atom stereocenters. The number of hydrogen-bond acceptors (Lipinski definition) is 12. The molecule has 20 rings (SSSR count). The van der Waals surface area contributed by atoms with Gasteiger partial charge >= 0.3 is 0 Å². The predicted octanol–water partition coefficient (Wildman–Crippen LogP) is 25.1. The summed E-state index contributed by atoms with van der Waals surface area (Å²) in [6, 6.07) is 186. The van der Waals surface area contributed by atoms with Crippen molar-refractivity contribution in [2.24, 2.45) is 0 Å². The summed E-state index contributed by atoms with van der Waals surface area (Å²) in [5.74, 6) is 0. The maximum atomic E-state index is 17.3. The standard InChI is InChI=1S/C129H112N4O8P8/c134-142(113-49-17-1-18-50-113,114-51-19-2-20-52-114)97-130(98-143(135,115-53-21-3-22-54-115)116-55-23-4-24-56-116)109-89-81-105(82-90-109)129(106-83-91-110(92-84-106)131(99-144(136,117-57-25-5-26-58-117)118-59-27-6-28-60-118)100-145(137,119-61-29-7-30-62-119)120-63-31-8-32-64-120,107-85-93-111(94-86-107)132(101-146(138,121-65-33-9-34-66-121)122-67-35-10-36-68-122)102-147(139,123-69-37-11-38-70-123)124-71-39-12-40-72-124)108-87-95-112(96-88-108)133(103-148(140,125-73-41-13-42-74-125)126-75-43-14-44-76-126)104-149(141,127-77-45-15-46-78-127)128-79-47-16-48-80-128/h1-96H,97-104H2. The summed E-state index contributed by atoms with van der Waals surface area (Å²) in [6.07, 6.45) is -0.683. The Hall–Kier alpha value is -14.6. The lowest BCUT2D eigenvalue weighted by atomic mass is 9.65. The van der Waals surface area contributed by atoms with E-state index in [1.165, 1.54) is 0 Å². The van der Waals surface area contributed by atoms with Crippen molar-refractivity contribution in [2.75, 3.05) is 69.9 Å². The highest BCUT2D eigenvalue weighted by Crippen LogP contribution is 2.58. The minimum Gasteiger partial charge on any atom is -0.356 e. The Kier molecular flexibility index (Phi) is 30.9. The molecule has 0 unspecified atom stereocenters. The highest BCUT2D eigenvalue weighted by atomic mass is 31.2. The van der Waals surface area contributed by atoms with Crippen molar-refractivity contribution in [3.63, 3.8) is 0 Å². The quantitative estimate of drug-likeness (QED) is 0.0266. The largest absolute Gasteiger partial charge is 0.356 e. The Bertz CT molecular complexity index is 6560. The summed E-state index contributed by atoms with van der Waals surface area (Å²) in [5, 5.41) is 9.92. The summed E-state index contributed by atoms with van der Waals surface area (Å²) in [7, 11) is -30.0. The fourth-order valence-corrected chi connectivity index (χ4v) is 42.7. The van der Waals surface area contributed by atoms with Gasteiger partial charge in [0.1, 0.15) is 0 Å². The summed E-state index contributed by atoms with van der Waals surface area (Å²) >= 11 is 0. The second-order valence-corrected chi connectivity index (χ2v) is 59.9. The number of benzene rings is 20. The zero-order chi connectivity index (χ0) is 102. The summed E-state index contributed by atoms with van der Waals surface area (Å²) in [4.78, 5) is 8.21. The van der Waals surface area contributed by atoms with Gasteiger partial charge in [0.25, 0.3) is 0 Å². The van der Waals surface area contributed by atoms with E-state index < -0.39 is 62.6 Å². The van der Waals surface area contributed by atoms with Crippen LogP contribution in [0.5, 0.6) is 0 Å². The molecule has 20 heteroatoms. The van der Waals surface area contributed by atoms with Crippen LogP contribution in [0.25, 0.3) is 0 Å². The third kappa shape index (κ3) is 21.2. The van der Waals surface area contributed by atoms with Crippen molar-refractivity contribution in [2.45, 2.75) is 5.41 Å². The van der Waals surface area contributed by atoms with E-state index in [1.807, 2.05) is 534 Å². The van der Waals surface area contributed by atoms with Gasteiger partial charge in [-0.3, -0.25) is 0 Å². The highest BCUT2D eigenvalue weighted by molar-refractivity contribution is 7.82. The molecule has 0 aliphatic carbocycles. The molecule has 736 valence electrons. The Labute approximate surface area is 874 Å². The first-order chi connectivity index (χ1) is 72.8. The van der Waals surface area contributed by atoms with Gasteiger partial charge in [0.15, 0.2) is 57.1 Å². The van der Waals surface area contributed by atoms with Crippen LogP contribution in [0.1, 0.15) is 22.3 Å². The van der Waals surface area contributed by atoms with Crippen LogP contribution in [0.3, 0.4) is 0 Å². The van der Waals surface area contributed by atoms with Gasteiger partial charge in [0, 0.05) is 108 Å². The van der Waals surface area contributed by atoms with E-state index in [0.717, 1.165) is 0 Å². The van der Waals surface area contributed by atoms with Crippen molar-refractivity contribution >= 4 is 165 Å². The second-order valence-electron chi connectivity index (χ2n) is 37.5. The summed E-state index contributed by atoms with van der Waals surface area (Å²) in [5.41, 5.74) is 3.77. The molecule has 20 aromatic rings. The molecule has 12 nitrogen and oxygen atoms in total. The average Bonchev–Trinajstić information content (AvgIpc) is 0.721. The van der Waals surface area contributed by atoms with E-state index in [9.17, 15) is 0 Å². The van der Waals surface area contributed by atoms with Crippen LogP contribution in [0.2, 0.25) is 0 Å². The van der Waals surface area contributed by atoms with Crippen LogP contribution in [0.15, 0.2) is 582 Å². The van der Waals surface area contributed by atoms with Crippen LogP contribution in [0, 0.1) is 0 Å². The van der Waals surface area contributed by atoms with Crippen LogP contribution in [-0.4, -0.2) is 50.3 Å². The molecule has 0 saturated carbocycles. The molecule has 0 aromatic heterocycles. The number of nitrogens with zero attached hydrogens (tertiary/aromatic N) is 4. The Morgan fingerprint density at radius 2 is 0.195 bits per heavy atom. The van der Waals surface area contributed by atoms with Crippen molar-refractivity contribution in [1.29, 1.82) is 0 Å². The molecule has 0 aliphatic heterocycles. The first kappa shape index (κ1) is 102. The molecule has 0 amide bonds. The van der Waals surface area contributed by atoms with Crippen molar-refractivity contribution in [1.82, 2.24) is 0 Å². The molecule has 0 heterocycles. The molecule has 0 N–H and O–H groups in total. The van der Waals surface area contributed by atoms with E-state index in [-0.39, 0.29) is 50.3 Å². The molecular formula is C129H112N4O8P8. The van der Waals surface area contributed by atoms with Crippen molar-refractivity contribution < 1.29 is 36.5 Å². The van der Waals surface area contributed by atoms with Gasteiger partial charge in [-0.15, -0.1) is 0 Å². The van der Waals surface area contributed by atoms with E-state index in [4.69, 9.17) is 0 Å². The monoisotopic (exact) mass is 2090 g/mol. The third-order valence-electron chi connectivity index (χ3n) is 28.4. The van der Waals surface area contributed by atoms with Crippen molar-refractivity contribution in [3.05, 3.63) is 605 Å². The highest BCUT2D eigenvalue weighted by Gasteiger charge is 2.45. The number of anilines is 4. The Morgan fingerprint density at radius 1 is 0.114 bits per heavy atom.